The largest absolute Gasteiger partial charge is 0.341 e. The van der Waals surface area contributed by atoms with Crippen molar-refractivity contribution >= 4 is 27.3 Å². The van der Waals surface area contributed by atoms with Crippen LogP contribution in [-0.4, -0.2) is 43.9 Å². The van der Waals surface area contributed by atoms with Gasteiger partial charge in [-0.2, -0.15) is 0 Å². The highest BCUT2D eigenvalue weighted by molar-refractivity contribution is 7.91. The summed E-state index contributed by atoms with van der Waals surface area (Å²) >= 11 is 1.20. The summed E-state index contributed by atoms with van der Waals surface area (Å²) in [7, 11) is -3.45. The topological polar surface area (TPSA) is 92.5 Å². The van der Waals surface area contributed by atoms with E-state index in [-0.39, 0.29) is 11.9 Å². The maximum absolute atomic E-state index is 12.5. The fourth-order valence-electron chi connectivity index (χ4n) is 2.88. The first-order chi connectivity index (χ1) is 10.8. The highest BCUT2D eigenvalue weighted by Crippen LogP contribution is 2.21. The van der Waals surface area contributed by atoms with Crippen molar-refractivity contribution in [2.75, 3.05) is 13.1 Å². The number of carbonyl (C=O) groups is 1. The van der Waals surface area contributed by atoms with Crippen LogP contribution < -0.4 is 10.5 Å². The summed E-state index contributed by atoms with van der Waals surface area (Å²) in [5.74, 6) is -0.0427. The summed E-state index contributed by atoms with van der Waals surface area (Å²) in [4.78, 5) is 14.2. The van der Waals surface area contributed by atoms with Gasteiger partial charge >= 0.3 is 0 Å². The first-order valence-corrected chi connectivity index (χ1v) is 10.3. The number of rotatable bonds is 6. The third-order valence-electron chi connectivity index (χ3n) is 4.12. The van der Waals surface area contributed by atoms with Gasteiger partial charge in [0.25, 0.3) is 0 Å². The molecule has 3 N–H and O–H groups in total. The minimum absolute atomic E-state index is 0.0427. The Morgan fingerprint density at radius 1 is 1.48 bits per heavy atom. The van der Waals surface area contributed by atoms with E-state index in [4.69, 9.17) is 5.73 Å². The minimum atomic E-state index is -3.45. The molecule has 1 atom stereocenters. The highest BCUT2D eigenvalue weighted by atomic mass is 32.2. The van der Waals surface area contributed by atoms with Crippen molar-refractivity contribution in [1.29, 1.82) is 0 Å². The van der Waals surface area contributed by atoms with Gasteiger partial charge in [0, 0.05) is 19.1 Å². The Balaban J connectivity index is 1.90. The number of nitrogens with zero attached hydrogens (tertiary/aromatic N) is 1. The number of nitrogens with one attached hydrogen (secondary N) is 1. The number of thiophene rings is 1. The van der Waals surface area contributed by atoms with Crippen LogP contribution in [0, 0.1) is 0 Å². The Morgan fingerprint density at radius 2 is 2.13 bits per heavy atom. The van der Waals surface area contributed by atoms with E-state index >= 15 is 0 Å². The molecule has 0 saturated carbocycles. The van der Waals surface area contributed by atoms with Gasteiger partial charge in [-0.3, -0.25) is 4.79 Å². The standard InChI is InChI=1S/C15H25N3O3S2/c1-3-8-15(2,16)14(19)18-9-6-12(7-10-18)17-23(20,21)13-5-4-11-22-13/h4-5,11-12,17H,3,6-10,16H2,1-2H3. The average molecular weight is 360 g/mol. The normalized spacial score (nSPS) is 19.5. The molecule has 6 nitrogen and oxygen atoms in total. The van der Waals surface area contributed by atoms with Gasteiger partial charge in [-0.15, -0.1) is 11.3 Å². The summed E-state index contributed by atoms with van der Waals surface area (Å²) in [5.41, 5.74) is 5.27. The van der Waals surface area contributed by atoms with Crippen LogP contribution in [0.15, 0.2) is 21.7 Å². The molecule has 1 saturated heterocycles. The molecule has 1 aromatic heterocycles. The van der Waals surface area contributed by atoms with E-state index in [9.17, 15) is 13.2 Å². The van der Waals surface area contributed by atoms with Crippen molar-refractivity contribution in [1.82, 2.24) is 9.62 Å². The number of likely N-dealkylation sites (tertiary alicyclic amines) is 1. The highest BCUT2D eigenvalue weighted by Gasteiger charge is 2.34. The van der Waals surface area contributed by atoms with Gasteiger partial charge in [0.05, 0.1) is 5.54 Å². The Hall–Kier alpha value is -0.960. The van der Waals surface area contributed by atoms with Crippen LogP contribution in [0.5, 0.6) is 0 Å². The second kappa shape index (κ2) is 7.29. The first-order valence-electron chi connectivity index (χ1n) is 7.90. The van der Waals surface area contributed by atoms with Crippen LogP contribution in [0.25, 0.3) is 0 Å². The van der Waals surface area contributed by atoms with Gasteiger partial charge in [-0.1, -0.05) is 19.4 Å². The lowest BCUT2D eigenvalue weighted by Gasteiger charge is -2.36. The summed E-state index contributed by atoms with van der Waals surface area (Å²) in [6.45, 7) is 4.84. The number of hydrogen-bond donors (Lipinski definition) is 2. The Morgan fingerprint density at radius 3 is 2.65 bits per heavy atom. The molecule has 1 aliphatic rings. The van der Waals surface area contributed by atoms with Crippen LogP contribution in [0.2, 0.25) is 0 Å². The van der Waals surface area contributed by atoms with Crippen molar-refractivity contribution < 1.29 is 13.2 Å². The smallest absolute Gasteiger partial charge is 0.250 e. The Kier molecular flexibility index (Phi) is 5.83. The molecule has 1 unspecified atom stereocenters. The molecular weight excluding hydrogens is 334 g/mol. The molecule has 0 aromatic carbocycles. The fourth-order valence-corrected chi connectivity index (χ4v) is 5.20. The summed E-state index contributed by atoms with van der Waals surface area (Å²) in [6, 6.07) is 3.17. The number of carbonyl (C=O) groups excluding carboxylic acids is 1. The van der Waals surface area contributed by atoms with Crippen LogP contribution in [0.4, 0.5) is 0 Å². The maximum Gasteiger partial charge on any atom is 0.250 e. The van der Waals surface area contributed by atoms with Crippen LogP contribution >= 0.6 is 11.3 Å². The van der Waals surface area contributed by atoms with E-state index < -0.39 is 15.6 Å². The van der Waals surface area contributed by atoms with Crippen LogP contribution in [-0.2, 0) is 14.8 Å². The summed E-state index contributed by atoms with van der Waals surface area (Å²) in [6.07, 6.45) is 2.73. The third-order valence-corrected chi connectivity index (χ3v) is 7.04. The van der Waals surface area contributed by atoms with E-state index in [0.717, 1.165) is 6.42 Å². The second-order valence-corrected chi connectivity index (χ2v) is 9.18. The fraction of sp³-hybridized carbons (Fsp3) is 0.667. The van der Waals surface area contributed by atoms with Gasteiger partial charge < -0.3 is 10.6 Å². The van der Waals surface area contributed by atoms with E-state index in [0.29, 0.717) is 36.6 Å². The van der Waals surface area contributed by atoms with Crippen molar-refractivity contribution in [3.05, 3.63) is 17.5 Å². The summed E-state index contributed by atoms with van der Waals surface area (Å²) in [5, 5.41) is 1.74. The molecule has 23 heavy (non-hydrogen) atoms. The molecule has 0 spiro atoms. The monoisotopic (exact) mass is 359 g/mol. The minimum Gasteiger partial charge on any atom is -0.341 e. The molecule has 1 amide bonds. The zero-order valence-corrected chi connectivity index (χ0v) is 15.3. The number of sulfonamides is 1. The summed E-state index contributed by atoms with van der Waals surface area (Å²) < 4.78 is 27.5. The lowest BCUT2D eigenvalue weighted by molar-refractivity contribution is -0.137. The molecule has 2 heterocycles. The molecule has 1 aromatic rings. The molecule has 0 radical (unpaired) electrons. The lowest BCUT2D eigenvalue weighted by atomic mass is 9.94. The average Bonchev–Trinajstić information content (AvgIpc) is 3.02. The molecule has 130 valence electrons. The third kappa shape index (κ3) is 4.53. The van der Waals surface area contributed by atoms with E-state index in [1.165, 1.54) is 11.3 Å². The number of piperidine rings is 1. The van der Waals surface area contributed by atoms with Crippen molar-refractivity contribution in [2.45, 2.75) is 55.3 Å². The molecule has 0 aliphatic carbocycles. The van der Waals surface area contributed by atoms with Gasteiger partial charge in [0.2, 0.25) is 15.9 Å². The molecular formula is C15H25N3O3S2. The maximum atomic E-state index is 12.5. The van der Waals surface area contributed by atoms with E-state index in [1.54, 1.807) is 29.3 Å². The molecule has 1 aliphatic heterocycles. The predicted octanol–water partition coefficient (Wildman–Crippen LogP) is 1.53. The van der Waals surface area contributed by atoms with Crippen molar-refractivity contribution in [2.24, 2.45) is 5.73 Å². The Bertz CT molecular complexity index is 618. The van der Waals surface area contributed by atoms with Crippen molar-refractivity contribution in [3.8, 4) is 0 Å². The molecule has 2 rings (SSSR count). The quantitative estimate of drug-likeness (QED) is 0.806. The van der Waals surface area contributed by atoms with Crippen LogP contribution in [0.3, 0.4) is 0 Å². The van der Waals surface area contributed by atoms with E-state index in [1.807, 2.05) is 6.92 Å². The zero-order chi connectivity index (χ0) is 17.1. The number of hydrogen-bond acceptors (Lipinski definition) is 5. The Labute approximate surface area is 142 Å². The van der Waals surface area contributed by atoms with Gasteiger partial charge in [0.1, 0.15) is 4.21 Å². The second-order valence-electron chi connectivity index (χ2n) is 6.29. The molecule has 0 bridgehead atoms. The predicted molar refractivity (Wildman–Crippen MR) is 91.7 cm³/mol. The SMILES string of the molecule is CCCC(C)(N)C(=O)N1CCC(NS(=O)(=O)c2cccs2)CC1. The van der Waals surface area contributed by atoms with Gasteiger partial charge in [-0.05, 0) is 37.6 Å². The first kappa shape index (κ1) is 18.4. The van der Waals surface area contributed by atoms with Gasteiger partial charge in [0.15, 0.2) is 0 Å². The van der Waals surface area contributed by atoms with Crippen molar-refractivity contribution in [3.63, 3.8) is 0 Å². The van der Waals surface area contributed by atoms with Gasteiger partial charge in [-0.25, -0.2) is 13.1 Å². The van der Waals surface area contributed by atoms with Crippen LogP contribution in [0.1, 0.15) is 39.5 Å². The van der Waals surface area contributed by atoms with E-state index in [2.05, 4.69) is 4.72 Å². The number of amides is 1. The lowest BCUT2D eigenvalue weighted by Crippen LogP contribution is -2.56. The molecule has 8 heteroatoms. The number of nitrogens with two attached hydrogens (primary N) is 1. The molecule has 1 fully saturated rings. The zero-order valence-electron chi connectivity index (χ0n) is 13.6.